The van der Waals surface area contributed by atoms with Gasteiger partial charge in [-0.3, -0.25) is 9.78 Å². The van der Waals surface area contributed by atoms with Crippen LogP contribution in [0.1, 0.15) is 23.2 Å². The molecule has 0 aliphatic carbocycles. The molecule has 0 unspecified atom stereocenters. The highest BCUT2D eigenvalue weighted by Gasteiger charge is 2.35. The molecular formula is C21H18F2N6O. The molecule has 3 heterocycles. The van der Waals surface area contributed by atoms with E-state index in [1.165, 1.54) is 4.90 Å². The van der Waals surface area contributed by atoms with Gasteiger partial charge in [-0.1, -0.05) is 11.3 Å². The maximum atomic E-state index is 13.4. The summed E-state index contributed by atoms with van der Waals surface area (Å²) in [6.45, 7) is 0.0986. The number of piperidine rings is 1. The molecule has 1 amide bonds. The van der Waals surface area contributed by atoms with Crippen molar-refractivity contribution >= 4 is 28.0 Å². The number of likely N-dealkylation sites (tertiary alicyclic amines) is 1. The Kier molecular flexibility index (Phi) is 4.19. The second kappa shape index (κ2) is 6.79. The fraction of sp³-hybridized carbons (Fsp3) is 0.286. The van der Waals surface area contributed by atoms with Crippen LogP contribution in [0.15, 0.2) is 42.6 Å². The molecule has 0 bridgehead atoms. The highest BCUT2D eigenvalue weighted by molar-refractivity contribution is 5.97. The van der Waals surface area contributed by atoms with Crippen molar-refractivity contribution in [1.82, 2.24) is 29.9 Å². The van der Waals surface area contributed by atoms with Gasteiger partial charge >= 0.3 is 0 Å². The van der Waals surface area contributed by atoms with E-state index in [1.807, 2.05) is 25.2 Å². The van der Waals surface area contributed by atoms with Gasteiger partial charge in [0.2, 0.25) is 0 Å². The van der Waals surface area contributed by atoms with Crippen LogP contribution in [-0.2, 0) is 7.05 Å². The Labute approximate surface area is 170 Å². The van der Waals surface area contributed by atoms with Crippen LogP contribution in [0.5, 0.6) is 0 Å². The molecule has 0 saturated carbocycles. The predicted octanol–water partition coefficient (Wildman–Crippen LogP) is 3.45. The van der Waals surface area contributed by atoms with Crippen LogP contribution in [0, 0.1) is 0 Å². The van der Waals surface area contributed by atoms with Crippen molar-refractivity contribution in [2.24, 2.45) is 7.05 Å². The third kappa shape index (κ3) is 3.26. The smallest absolute Gasteiger partial charge is 0.253 e. The summed E-state index contributed by atoms with van der Waals surface area (Å²) in [6, 6.07) is 10.8. The molecule has 1 aliphatic heterocycles. The Morgan fingerprint density at radius 1 is 1.03 bits per heavy atom. The first-order valence-corrected chi connectivity index (χ1v) is 9.63. The average Bonchev–Trinajstić information content (AvgIpc) is 3.12. The SMILES string of the molecule is Cn1nnc2cc(-c3cnc4ccc(C(=O)N5CCC(F)(F)CC5)cc4n3)ccc21. The number of hydrogen-bond donors (Lipinski definition) is 0. The minimum absolute atomic E-state index is 0.0493. The van der Waals surface area contributed by atoms with Gasteiger partial charge in [0.15, 0.2) is 0 Å². The third-order valence-corrected chi connectivity index (χ3v) is 5.48. The molecule has 1 aliphatic rings. The van der Waals surface area contributed by atoms with Crippen LogP contribution in [0.25, 0.3) is 33.3 Å². The highest BCUT2D eigenvalue weighted by atomic mass is 19.3. The van der Waals surface area contributed by atoms with Crippen LogP contribution < -0.4 is 0 Å². The lowest BCUT2D eigenvalue weighted by molar-refractivity contribution is -0.0494. The lowest BCUT2D eigenvalue weighted by atomic mass is 10.1. The number of carbonyl (C=O) groups excluding carboxylic acids is 1. The maximum Gasteiger partial charge on any atom is 0.253 e. The average molecular weight is 408 g/mol. The molecule has 4 aromatic rings. The van der Waals surface area contributed by atoms with Crippen LogP contribution in [-0.4, -0.2) is 54.8 Å². The van der Waals surface area contributed by atoms with Crippen molar-refractivity contribution in [3.8, 4) is 11.3 Å². The number of hydrogen-bond acceptors (Lipinski definition) is 5. The van der Waals surface area contributed by atoms with Crippen molar-refractivity contribution in [3.05, 3.63) is 48.2 Å². The van der Waals surface area contributed by atoms with Gasteiger partial charge in [0, 0.05) is 44.1 Å². The standard InChI is InChI=1S/C21H18F2N6O/c1-28-19-5-3-13(10-17(19)26-27-28)18-12-24-15-4-2-14(11-16(15)25-18)20(30)29-8-6-21(22,23)7-9-29/h2-5,10-12H,6-9H2,1H3. The van der Waals surface area contributed by atoms with E-state index in [1.54, 1.807) is 29.1 Å². The second-order valence-corrected chi connectivity index (χ2v) is 7.52. The Bertz CT molecular complexity index is 1280. The summed E-state index contributed by atoms with van der Waals surface area (Å²) in [7, 11) is 1.83. The van der Waals surface area contributed by atoms with E-state index in [9.17, 15) is 13.6 Å². The Morgan fingerprint density at radius 3 is 2.63 bits per heavy atom. The van der Waals surface area contributed by atoms with E-state index in [0.717, 1.165) is 16.6 Å². The normalized spacial score (nSPS) is 16.3. The predicted molar refractivity (Wildman–Crippen MR) is 107 cm³/mol. The number of aromatic nitrogens is 5. The minimum atomic E-state index is -2.69. The first-order chi connectivity index (χ1) is 14.4. The number of benzene rings is 2. The maximum absolute atomic E-state index is 13.4. The summed E-state index contributed by atoms with van der Waals surface area (Å²) < 4.78 is 28.5. The van der Waals surface area contributed by atoms with Crippen molar-refractivity contribution in [2.75, 3.05) is 13.1 Å². The quantitative estimate of drug-likeness (QED) is 0.508. The number of halogens is 2. The van der Waals surface area contributed by atoms with Crippen LogP contribution in [0.3, 0.4) is 0 Å². The molecule has 152 valence electrons. The summed E-state index contributed by atoms with van der Waals surface area (Å²) >= 11 is 0. The largest absolute Gasteiger partial charge is 0.338 e. The van der Waals surface area contributed by atoms with Crippen LogP contribution in [0.4, 0.5) is 8.78 Å². The Morgan fingerprint density at radius 2 is 1.83 bits per heavy atom. The van der Waals surface area contributed by atoms with Crippen molar-refractivity contribution in [2.45, 2.75) is 18.8 Å². The summed E-state index contributed by atoms with van der Waals surface area (Å²) in [5, 5.41) is 8.13. The van der Waals surface area contributed by atoms with E-state index >= 15 is 0 Å². The molecule has 0 atom stereocenters. The van der Waals surface area contributed by atoms with Gasteiger partial charge in [0.05, 0.1) is 28.4 Å². The highest BCUT2D eigenvalue weighted by Crippen LogP contribution is 2.29. The number of carbonyl (C=O) groups is 1. The second-order valence-electron chi connectivity index (χ2n) is 7.52. The van der Waals surface area contributed by atoms with Gasteiger partial charge in [-0.15, -0.1) is 5.10 Å². The Balaban J connectivity index is 1.47. The van der Waals surface area contributed by atoms with Crippen molar-refractivity contribution < 1.29 is 13.6 Å². The molecule has 0 radical (unpaired) electrons. The number of nitrogens with zero attached hydrogens (tertiary/aromatic N) is 6. The molecule has 1 saturated heterocycles. The van der Waals surface area contributed by atoms with Crippen LogP contribution in [0.2, 0.25) is 0 Å². The van der Waals surface area contributed by atoms with E-state index in [2.05, 4.69) is 20.3 Å². The first kappa shape index (κ1) is 18.5. The number of amides is 1. The number of aryl methyl sites for hydroxylation is 1. The molecule has 9 heteroatoms. The van der Waals surface area contributed by atoms with E-state index in [-0.39, 0.29) is 31.8 Å². The molecule has 2 aromatic carbocycles. The fourth-order valence-electron chi connectivity index (χ4n) is 3.70. The topological polar surface area (TPSA) is 76.8 Å². The molecule has 0 N–H and O–H groups in total. The van der Waals surface area contributed by atoms with Gasteiger partial charge < -0.3 is 4.90 Å². The summed E-state index contributed by atoms with van der Waals surface area (Å²) in [6.07, 6.45) is 1.07. The number of rotatable bonds is 2. The summed E-state index contributed by atoms with van der Waals surface area (Å²) in [4.78, 5) is 23.4. The fourth-order valence-corrected chi connectivity index (χ4v) is 3.70. The molecule has 5 rings (SSSR count). The van der Waals surface area contributed by atoms with Gasteiger partial charge in [0.25, 0.3) is 11.8 Å². The summed E-state index contributed by atoms with van der Waals surface area (Å²) in [5.41, 5.74) is 4.80. The monoisotopic (exact) mass is 408 g/mol. The van der Waals surface area contributed by atoms with Gasteiger partial charge in [0.1, 0.15) is 5.52 Å². The zero-order valence-electron chi connectivity index (χ0n) is 16.2. The zero-order valence-corrected chi connectivity index (χ0v) is 16.2. The molecule has 2 aromatic heterocycles. The van der Waals surface area contributed by atoms with Crippen LogP contribution >= 0.6 is 0 Å². The van der Waals surface area contributed by atoms with Gasteiger partial charge in [-0.2, -0.15) is 0 Å². The minimum Gasteiger partial charge on any atom is -0.338 e. The van der Waals surface area contributed by atoms with Gasteiger partial charge in [-0.25, -0.2) is 18.4 Å². The lowest BCUT2D eigenvalue weighted by Crippen LogP contribution is -2.42. The third-order valence-electron chi connectivity index (χ3n) is 5.48. The lowest BCUT2D eigenvalue weighted by Gasteiger charge is -2.31. The summed E-state index contributed by atoms with van der Waals surface area (Å²) in [5.74, 6) is -2.95. The Hall–Kier alpha value is -3.49. The molecule has 7 nitrogen and oxygen atoms in total. The number of fused-ring (bicyclic) bond motifs is 2. The van der Waals surface area contributed by atoms with E-state index in [0.29, 0.717) is 22.3 Å². The molecule has 1 fully saturated rings. The molecular weight excluding hydrogens is 390 g/mol. The number of alkyl halides is 2. The van der Waals surface area contributed by atoms with Crippen molar-refractivity contribution in [1.29, 1.82) is 0 Å². The molecule has 30 heavy (non-hydrogen) atoms. The zero-order chi connectivity index (χ0) is 20.9. The van der Waals surface area contributed by atoms with Gasteiger partial charge in [-0.05, 0) is 30.3 Å². The molecule has 0 spiro atoms. The van der Waals surface area contributed by atoms with Crippen molar-refractivity contribution in [3.63, 3.8) is 0 Å². The van der Waals surface area contributed by atoms with E-state index < -0.39 is 5.92 Å². The first-order valence-electron chi connectivity index (χ1n) is 9.63. The van der Waals surface area contributed by atoms with E-state index in [4.69, 9.17) is 0 Å².